The van der Waals surface area contributed by atoms with Gasteiger partial charge in [0, 0.05) is 31.4 Å². The van der Waals surface area contributed by atoms with Crippen LogP contribution in [0.25, 0.3) is 0 Å². The van der Waals surface area contributed by atoms with E-state index in [2.05, 4.69) is 27.2 Å². The molecule has 116 valence electrons. The summed E-state index contributed by atoms with van der Waals surface area (Å²) < 4.78 is 13.0. The normalized spacial score (nSPS) is 18.5. The molecule has 22 heavy (non-hydrogen) atoms. The highest BCUT2D eigenvalue weighted by Gasteiger charge is 2.20. The zero-order valence-electron chi connectivity index (χ0n) is 12.8. The summed E-state index contributed by atoms with van der Waals surface area (Å²) in [5.74, 6) is 0.609. The van der Waals surface area contributed by atoms with Crippen LogP contribution in [0.4, 0.5) is 10.2 Å². The van der Waals surface area contributed by atoms with E-state index in [0.717, 1.165) is 30.2 Å². The molecule has 1 N–H and O–H groups in total. The summed E-state index contributed by atoms with van der Waals surface area (Å²) in [5, 5.41) is 3.43. The summed E-state index contributed by atoms with van der Waals surface area (Å²) in [4.78, 5) is 11.2. The number of hydrogen-bond acceptors (Lipinski definition) is 4. The number of likely N-dealkylation sites (N-methyl/N-ethyl adjacent to an activating group) is 1. The van der Waals surface area contributed by atoms with Gasteiger partial charge in [-0.1, -0.05) is 12.1 Å². The number of hydrogen-bond donors (Lipinski definition) is 1. The maximum atomic E-state index is 13.0. The van der Waals surface area contributed by atoms with E-state index in [1.54, 1.807) is 24.5 Å². The first-order valence-electron chi connectivity index (χ1n) is 7.71. The highest BCUT2D eigenvalue weighted by molar-refractivity contribution is 5.42. The Kier molecular flexibility index (Phi) is 4.63. The van der Waals surface area contributed by atoms with Crippen molar-refractivity contribution in [3.05, 3.63) is 53.7 Å². The number of nitrogens with one attached hydrogen (secondary N) is 1. The smallest absolute Gasteiger partial charge is 0.148 e. The van der Waals surface area contributed by atoms with Gasteiger partial charge in [0.15, 0.2) is 0 Å². The van der Waals surface area contributed by atoms with Gasteiger partial charge in [0.2, 0.25) is 0 Å². The molecule has 1 saturated heterocycles. The average molecular weight is 300 g/mol. The maximum absolute atomic E-state index is 13.0. The first kappa shape index (κ1) is 14.9. The standard InChI is InChI=1S/C17H21FN4/c1-22-10-2-3-15(22)12-21-17-16(19-8-9-20-17)11-13-4-6-14(18)7-5-13/h4-9,15H,2-3,10-12H2,1H3,(H,20,21). The second-order valence-corrected chi connectivity index (χ2v) is 5.81. The fourth-order valence-corrected chi connectivity index (χ4v) is 2.89. The Morgan fingerprint density at radius 3 is 2.73 bits per heavy atom. The molecule has 1 aromatic heterocycles. The van der Waals surface area contributed by atoms with E-state index in [4.69, 9.17) is 0 Å². The number of likely N-dealkylation sites (tertiary alicyclic amines) is 1. The van der Waals surface area contributed by atoms with Crippen LogP contribution in [0.15, 0.2) is 36.7 Å². The molecule has 0 saturated carbocycles. The molecule has 2 heterocycles. The van der Waals surface area contributed by atoms with Crippen LogP contribution >= 0.6 is 0 Å². The lowest BCUT2D eigenvalue weighted by atomic mass is 10.1. The Labute approximate surface area is 130 Å². The Morgan fingerprint density at radius 1 is 1.23 bits per heavy atom. The lowest BCUT2D eigenvalue weighted by Gasteiger charge is -2.20. The molecule has 0 amide bonds. The minimum absolute atomic E-state index is 0.217. The fourth-order valence-electron chi connectivity index (χ4n) is 2.89. The van der Waals surface area contributed by atoms with Gasteiger partial charge in [0.1, 0.15) is 11.6 Å². The van der Waals surface area contributed by atoms with Crippen LogP contribution in [0.2, 0.25) is 0 Å². The number of benzene rings is 1. The summed E-state index contributed by atoms with van der Waals surface area (Å²) in [6.07, 6.45) is 6.53. The number of anilines is 1. The number of aromatic nitrogens is 2. The van der Waals surface area contributed by atoms with Crippen LogP contribution in [0.1, 0.15) is 24.1 Å². The van der Waals surface area contributed by atoms with Gasteiger partial charge in [-0.3, -0.25) is 4.98 Å². The zero-order valence-corrected chi connectivity index (χ0v) is 12.8. The molecule has 0 radical (unpaired) electrons. The van der Waals surface area contributed by atoms with Crippen LogP contribution in [0.3, 0.4) is 0 Å². The topological polar surface area (TPSA) is 41.0 Å². The van der Waals surface area contributed by atoms with E-state index in [0.29, 0.717) is 12.5 Å². The third kappa shape index (κ3) is 3.60. The predicted molar refractivity (Wildman–Crippen MR) is 85.4 cm³/mol. The number of nitrogens with zero attached hydrogens (tertiary/aromatic N) is 3. The van der Waals surface area contributed by atoms with E-state index in [-0.39, 0.29) is 5.82 Å². The SMILES string of the molecule is CN1CCCC1CNc1nccnc1Cc1ccc(F)cc1. The molecule has 1 aromatic carbocycles. The molecular weight excluding hydrogens is 279 g/mol. The molecule has 1 aliphatic heterocycles. The van der Waals surface area contributed by atoms with E-state index >= 15 is 0 Å². The monoisotopic (exact) mass is 300 g/mol. The lowest BCUT2D eigenvalue weighted by molar-refractivity contribution is 0.322. The van der Waals surface area contributed by atoms with Crippen molar-refractivity contribution < 1.29 is 4.39 Å². The van der Waals surface area contributed by atoms with Gasteiger partial charge in [0.05, 0.1) is 5.69 Å². The second-order valence-electron chi connectivity index (χ2n) is 5.81. The van der Waals surface area contributed by atoms with E-state index in [1.165, 1.54) is 25.0 Å². The molecule has 4 nitrogen and oxygen atoms in total. The van der Waals surface area contributed by atoms with Gasteiger partial charge in [-0.15, -0.1) is 0 Å². The predicted octanol–water partition coefficient (Wildman–Crippen LogP) is 2.71. The van der Waals surface area contributed by atoms with Crippen molar-refractivity contribution in [2.75, 3.05) is 25.5 Å². The third-order valence-corrected chi connectivity index (χ3v) is 4.24. The van der Waals surface area contributed by atoms with E-state index in [9.17, 15) is 4.39 Å². The molecule has 0 aliphatic carbocycles. The Bertz CT molecular complexity index is 614. The van der Waals surface area contributed by atoms with Gasteiger partial charge in [0.25, 0.3) is 0 Å². The summed E-state index contributed by atoms with van der Waals surface area (Å²) in [5.41, 5.74) is 1.93. The highest BCUT2D eigenvalue weighted by Crippen LogP contribution is 2.18. The fraction of sp³-hybridized carbons (Fsp3) is 0.412. The zero-order chi connectivity index (χ0) is 15.4. The summed E-state index contributed by atoms with van der Waals surface area (Å²) in [7, 11) is 2.16. The summed E-state index contributed by atoms with van der Waals surface area (Å²) in [6.45, 7) is 2.04. The molecule has 1 aliphatic rings. The van der Waals surface area contributed by atoms with Crippen LogP contribution in [-0.4, -0.2) is 41.0 Å². The largest absolute Gasteiger partial charge is 0.367 e. The highest BCUT2D eigenvalue weighted by atomic mass is 19.1. The number of halogens is 1. The van der Waals surface area contributed by atoms with Crippen LogP contribution in [-0.2, 0) is 6.42 Å². The molecule has 1 unspecified atom stereocenters. The molecule has 1 fully saturated rings. The van der Waals surface area contributed by atoms with Gasteiger partial charge in [-0.2, -0.15) is 0 Å². The summed E-state index contributed by atoms with van der Waals surface area (Å²) >= 11 is 0. The Balaban J connectivity index is 1.68. The molecule has 2 aromatic rings. The molecule has 5 heteroatoms. The quantitative estimate of drug-likeness (QED) is 0.922. The molecular formula is C17H21FN4. The van der Waals surface area contributed by atoms with Crippen molar-refractivity contribution >= 4 is 5.82 Å². The van der Waals surface area contributed by atoms with Gasteiger partial charge in [-0.25, -0.2) is 9.37 Å². The van der Waals surface area contributed by atoms with Crippen molar-refractivity contribution in [2.24, 2.45) is 0 Å². The van der Waals surface area contributed by atoms with Gasteiger partial charge in [-0.05, 0) is 44.1 Å². The lowest BCUT2D eigenvalue weighted by Crippen LogP contribution is -2.32. The van der Waals surface area contributed by atoms with Crippen molar-refractivity contribution in [3.63, 3.8) is 0 Å². The van der Waals surface area contributed by atoms with Crippen LogP contribution < -0.4 is 5.32 Å². The maximum Gasteiger partial charge on any atom is 0.148 e. The third-order valence-electron chi connectivity index (χ3n) is 4.24. The first-order chi connectivity index (χ1) is 10.7. The second kappa shape index (κ2) is 6.83. The van der Waals surface area contributed by atoms with Crippen molar-refractivity contribution in [1.29, 1.82) is 0 Å². The average Bonchev–Trinajstić information content (AvgIpc) is 2.94. The van der Waals surface area contributed by atoms with Crippen molar-refractivity contribution in [2.45, 2.75) is 25.3 Å². The Hall–Kier alpha value is -2.01. The Morgan fingerprint density at radius 2 is 2.00 bits per heavy atom. The molecule has 3 rings (SSSR count). The molecule has 0 spiro atoms. The molecule has 1 atom stereocenters. The van der Waals surface area contributed by atoms with E-state index in [1.807, 2.05) is 0 Å². The van der Waals surface area contributed by atoms with Crippen LogP contribution in [0.5, 0.6) is 0 Å². The van der Waals surface area contributed by atoms with Crippen molar-refractivity contribution in [1.82, 2.24) is 14.9 Å². The summed E-state index contributed by atoms with van der Waals surface area (Å²) in [6, 6.07) is 7.09. The minimum atomic E-state index is -0.217. The van der Waals surface area contributed by atoms with Gasteiger partial charge < -0.3 is 10.2 Å². The molecule has 0 bridgehead atoms. The number of rotatable bonds is 5. The first-order valence-corrected chi connectivity index (χ1v) is 7.71. The van der Waals surface area contributed by atoms with Gasteiger partial charge >= 0.3 is 0 Å². The van der Waals surface area contributed by atoms with Crippen molar-refractivity contribution in [3.8, 4) is 0 Å². The van der Waals surface area contributed by atoms with Crippen LogP contribution in [0, 0.1) is 5.82 Å². The van der Waals surface area contributed by atoms with E-state index < -0.39 is 0 Å². The minimum Gasteiger partial charge on any atom is -0.367 e.